The van der Waals surface area contributed by atoms with E-state index in [-0.39, 0.29) is 16.4 Å². The number of esters is 1. The molecule has 1 N–H and O–H groups in total. The second-order valence-electron chi connectivity index (χ2n) is 4.86. The molecule has 0 bridgehead atoms. The zero-order chi connectivity index (χ0) is 16.4. The van der Waals surface area contributed by atoms with Crippen molar-refractivity contribution in [3.63, 3.8) is 0 Å². The van der Waals surface area contributed by atoms with Crippen LogP contribution >= 0.6 is 11.3 Å². The average Bonchev–Trinajstić information content (AvgIpc) is 2.95. The second-order valence-corrected chi connectivity index (χ2v) is 7.78. The molecule has 2 aromatic rings. The number of hydrogen-bond acceptors (Lipinski definition) is 7. The van der Waals surface area contributed by atoms with Gasteiger partial charge in [0, 0.05) is 19.6 Å². The highest BCUT2D eigenvalue weighted by atomic mass is 32.2. The van der Waals surface area contributed by atoms with Crippen molar-refractivity contribution in [1.82, 2.24) is 10.3 Å². The number of rotatable bonds is 3. The Kier molecular flexibility index (Phi) is 4.33. The van der Waals surface area contributed by atoms with Gasteiger partial charge in [-0.15, -0.1) is 11.3 Å². The molecule has 0 radical (unpaired) electrons. The normalized spacial score (nSPS) is 14.9. The van der Waals surface area contributed by atoms with E-state index in [1.54, 1.807) is 12.1 Å². The summed E-state index contributed by atoms with van der Waals surface area (Å²) in [5, 5.41) is 3.19. The molecule has 122 valence electrons. The number of benzene rings is 1. The lowest BCUT2D eigenvalue weighted by molar-refractivity contribution is 0.0590. The van der Waals surface area contributed by atoms with E-state index in [9.17, 15) is 13.2 Å². The molecule has 0 atom stereocenters. The Morgan fingerprint density at radius 2 is 2.17 bits per heavy atom. The van der Waals surface area contributed by atoms with Gasteiger partial charge in [0.25, 0.3) is 10.0 Å². The number of nitrogens with one attached hydrogen (secondary N) is 1. The van der Waals surface area contributed by atoms with Crippen LogP contribution in [0.2, 0.25) is 0 Å². The third kappa shape index (κ3) is 2.82. The first-order valence-electron chi connectivity index (χ1n) is 6.89. The second kappa shape index (κ2) is 6.26. The van der Waals surface area contributed by atoms with Crippen molar-refractivity contribution in [2.45, 2.75) is 10.8 Å². The van der Waals surface area contributed by atoms with E-state index in [1.807, 2.05) is 12.1 Å². The average molecular weight is 353 g/mol. The fourth-order valence-electron chi connectivity index (χ4n) is 2.43. The molecule has 1 aromatic carbocycles. The first-order chi connectivity index (χ1) is 11.1. The fourth-order valence-corrected chi connectivity index (χ4v) is 5.16. The van der Waals surface area contributed by atoms with Gasteiger partial charge < -0.3 is 10.1 Å². The molecule has 1 aromatic heterocycles. The van der Waals surface area contributed by atoms with E-state index in [0.717, 1.165) is 16.9 Å². The van der Waals surface area contributed by atoms with Gasteiger partial charge in [0.15, 0.2) is 9.90 Å². The number of hydrogen-bond donors (Lipinski definition) is 1. The molecule has 0 saturated heterocycles. The first kappa shape index (κ1) is 15.9. The molecule has 7 nitrogen and oxygen atoms in total. The van der Waals surface area contributed by atoms with E-state index in [4.69, 9.17) is 0 Å². The van der Waals surface area contributed by atoms with Gasteiger partial charge in [0.1, 0.15) is 0 Å². The number of carbonyl (C=O) groups excluding carboxylic acids is 1. The van der Waals surface area contributed by atoms with Gasteiger partial charge in [0.05, 0.1) is 18.3 Å². The molecule has 1 aliphatic rings. The van der Waals surface area contributed by atoms with Crippen LogP contribution in [0.4, 0.5) is 5.69 Å². The fraction of sp³-hybridized carbons (Fsp3) is 0.286. The summed E-state index contributed by atoms with van der Waals surface area (Å²) >= 11 is 0.913. The smallest absolute Gasteiger partial charge is 0.358 e. The maximum Gasteiger partial charge on any atom is 0.358 e. The van der Waals surface area contributed by atoms with E-state index in [1.165, 1.54) is 16.9 Å². The number of nitrogens with zero attached hydrogens (tertiary/aromatic N) is 2. The molecule has 0 spiro atoms. The number of carbonyl (C=O) groups is 1. The van der Waals surface area contributed by atoms with Crippen molar-refractivity contribution in [2.75, 3.05) is 24.5 Å². The maximum atomic E-state index is 13.1. The summed E-state index contributed by atoms with van der Waals surface area (Å²) in [6.07, 6.45) is 0. The van der Waals surface area contributed by atoms with E-state index in [0.29, 0.717) is 18.8 Å². The van der Waals surface area contributed by atoms with Crippen LogP contribution in [0.1, 0.15) is 16.1 Å². The van der Waals surface area contributed by atoms with E-state index >= 15 is 0 Å². The molecular weight excluding hydrogens is 338 g/mol. The van der Waals surface area contributed by atoms with Crippen LogP contribution in [0.5, 0.6) is 0 Å². The number of sulfonamides is 1. The topological polar surface area (TPSA) is 88.6 Å². The standard InChI is InChI=1S/C14H15N3O4S2/c1-21-13(18)12-14(22-9-16-12)23(19,20)17-7-6-15-8-10-4-2-3-5-11(10)17/h2-5,9,15H,6-8H2,1H3. The van der Waals surface area contributed by atoms with Crippen molar-refractivity contribution in [1.29, 1.82) is 0 Å². The summed E-state index contributed by atoms with van der Waals surface area (Å²) in [6.45, 7) is 1.38. The minimum Gasteiger partial charge on any atom is -0.464 e. The highest BCUT2D eigenvalue weighted by molar-refractivity contribution is 7.94. The first-order valence-corrected chi connectivity index (χ1v) is 9.21. The predicted molar refractivity (Wildman–Crippen MR) is 86.1 cm³/mol. The van der Waals surface area contributed by atoms with Crippen LogP contribution in [0.3, 0.4) is 0 Å². The Morgan fingerprint density at radius 3 is 2.96 bits per heavy atom. The number of methoxy groups -OCH3 is 1. The van der Waals surface area contributed by atoms with Crippen LogP contribution in [-0.4, -0.2) is 39.6 Å². The molecular formula is C14H15N3O4S2. The summed E-state index contributed by atoms with van der Waals surface area (Å²) in [5.41, 5.74) is 2.66. The van der Waals surface area contributed by atoms with Gasteiger partial charge in [0.2, 0.25) is 0 Å². The lowest BCUT2D eigenvalue weighted by Crippen LogP contribution is -2.35. The number of para-hydroxylation sites is 1. The van der Waals surface area contributed by atoms with Crippen molar-refractivity contribution >= 4 is 33.0 Å². The number of anilines is 1. The van der Waals surface area contributed by atoms with Crippen LogP contribution < -0.4 is 9.62 Å². The number of aromatic nitrogens is 1. The molecule has 3 rings (SSSR count). The summed E-state index contributed by atoms with van der Waals surface area (Å²) in [6, 6.07) is 7.30. The summed E-state index contributed by atoms with van der Waals surface area (Å²) in [7, 11) is -2.70. The zero-order valence-electron chi connectivity index (χ0n) is 12.4. The molecule has 9 heteroatoms. The van der Waals surface area contributed by atoms with Crippen molar-refractivity contribution < 1.29 is 17.9 Å². The monoisotopic (exact) mass is 353 g/mol. The largest absolute Gasteiger partial charge is 0.464 e. The summed E-state index contributed by atoms with van der Waals surface area (Å²) in [4.78, 5) is 15.6. The maximum absolute atomic E-state index is 13.1. The van der Waals surface area contributed by atoms with Gasteiger partial charge in [-0.1, -0.05) is 18.2 Å². The Bertz CT molecular complexity index is 832. The van der Waals surface area contributed by atoms with E-state index < -0.39 is 16.0 Å². The molecule has 0 fully saturated rings. The third-order valence-corrected chi connectivity index (χ3v) is 6.67. The third-order valence-electron chi connectivity index (χ3n) is 3.51. The lowest BCUT2D eigenvalue weighted by atomic mass is 10.2. The van der Waals surface area contributed by atoms with Crippen molar-refractivity contribution in [3.8, 4) is 0 Å². The summed E-state index contributed by atoms with van der Waals surface area (Å²) < 4.78 is 32.0. The van der Waals surface area contributed by atoms with Crippen molar-refractivity contribution in [2.24, 2.45) is 0 Å². The van der Waals surface area contributed by atoms with Crippen LogP contribution in [0.25, 0.3) is 0 Å². The van der Waals surface area contributed by atoms with Gasteiger partial charge in [-0.25, -0.2) is 18.2 Å². The number of fused-ring (bicyclic) bond motifs is 1. The van der Waals surface area contributed by atoms with Crippen LogP contribution in [0, 0.1) is 0 Å². The molecule has 0 unspecified atom stereocenters. The molecule has 0 aliphatic carbocycles. The SMILES string of the molecule is COC(=O)c1ncsc1S(=O)(=O)N1CCNCc2ccccc21. The minimum absolute atomic E-state index is 0.0962. The molecule has 0 saturated carbocycles. The quantitative estimate of drug-likeness (QED) is 0.835. The highest BCUT2D eigenvalue weighted by Crippen LogP contribution is 2.31. The molecule has 1 aliphatic heterocycles. The lowest BCUT2D eigenvalue weighted by Gasteiger charge is -2.23. The molecule has 0 amide bonds. The van der Waals surface area contributed by atoms with Crippen molar-refractivity contribution in [3.05, 3.63) is 41.0 Å². The number of thiazole rings is 1. The van der Waals surface area contributed by atoms with Crippen LogP contribution in [0.15, 0.2) is 34.0 Å². The molecule has 23 heavy (non-hydrogen) atoms. The summed E-state index contributed by atoms with van der Waals surface area (Å²) in [5.74, 6) is -0.758. The minimum atomic E-state index is -3.89. The molecule has 2 heterocycles. The van der Waals surface area contributed by atoms with Crippen LogP contribution in [-0.2, 0) is 21.3 Å². The Morgan fingerprint density at radius 1 is 1.39 bits per heavy atom. The highest BCUT2D eigenvalue weighted by Gasteiger charge is 2.33. The Balaban J connectivity index is 2.10. The van der Waals surface area contributed by atoms with Gasteiger partial charge >= 0.3 is 5.97 Å². The van der Waals surface area contributed by atoms with E-state index in [2.05, 4.69) is 15.0 Å². The number of ether oxygens (including phenoxy) is 1. The van der Waals surface area contributed by atoms with Gasteiger partial charge in [-0.2, -0.15) is 0 Å². The zero-order valence-corrected chi connectivity index (χ0v) is 14.0. The Labute approximate surface area is 138 Å². The van der Waals surface area contributed by atoms with Gasteiger partial charge in [-0.3, -0.25) is 4.31 Å². The predicted octanol–water partition coefficient (Wildman–Crippen LogP) is 1.23. The van der Waals surface area contributed by atoms with Gasteiger partial charge in [-0.05, 0) is 11.6 Å². The Hall–Kier alpha value is -1.97.